The monoisotopic (exact) mass is 739 g/mol. The van der Waals surface area contributed by atoms with Crippen LogP contribution in [-0.2, 0) is 9.59 Å². The van der Waals surface area contributed by atoms with Crippen LogP contribution in [0.15, 0.2) is 95.1 Å². The Balaban J connectivity index is 1.23. The third-order valence-corrected chi connectivity index (χ3v) is 8.88. The maximum absolute atomic E-state index is 13.4. The lowest BCUT2D eigenvalue weighted by atomic mass is 10.1. The van der Waals surface area contributed by atoms with Crippen molar-refractivity contribution >= 4 is 40.8 Å². The molecule has 2 saturated heterocycles. The molecule has 14 heteroatoms. The number of hydrogen-bond donors (Lipinski definition) is 3. The summed E-state index contributed by atoms with van der Waals surface area (Å²) in [5, 5.41) is 8.71. The van der Waals surface area contributed by atoms with Crippen molar-refractivity contribution in [1.29, 1.82) is 0 Å². The Labute approximate surface area is 318 Å². The Bertz CT molecular complexity index is 1800. The van der Waals surface area contributed by atoms with E-state index in [1.165, 1.54) is 0 Å². The van der Waals surface area contributed by atoms with Gasteiger partial charge in [0.15, 0.2) is 5.76 Å². The van der Waals surface area contributed by atoms with E-state index in [-0.39, 0.29) is 29.9 Å². The Morgan fingerprint density at radius 2 is 1.63 bits per heavy atom. The van der Waals surface area contributed by atoms with Crippen LogP contribution in [0.3, 0.4) is 0 Å². The van der Waals surface area contributed by atoms with Gasteiger partial charge in [-0.3, -0.25) is 14.5 Å². The lowest BCUT2D eigenvalue weighted by Crippen LogP contribution is -2.47. The molecule has 3 unspecified atom stereocenters. The number of anilines is 1. The van der Waals surface area contributed by atoms with Crippen LogP contribution in [0.1, 0.15) is 32.6 Å². The van der Waals surface area contributed by atoms with Gasteiger partial charge in [-0.25, -0.2) is 14.6 Å². The number of aliphatic imine (C=N–C) groups is 1. The molecule has 1 aromatic heterocycles. The largest absolute Gasteiger partial charge is 0.436 e. The molecule has 6 amide bonds. The molecule has 54 heavy (non-hydrogen) atoms. The molecule has 1 aromatic carbocycles. The number of carbonyl (C=O) groups is 4. The summed E-state index contributed by atoms with van der Waals surface area (Å²) in [4.78, 5) is 66.6. The molecule has 0 aliphatic carbocycles. The minimum Gasteiger partial charge on any atom is -0.436 e. The van der Waals surface area contributed by atoms with E-state index in [0.717, 1.165) is 5.56 Å². The Hall–Kier alpha value is -5.60. The second kappa shape index (κ2) is 19.5. The van der Waals surface area contributed by atoms with Crippen LogP contribution >= 0.6 is 0 Å². The highest BCUT2D eigenvalue weighted by molar-refractivity contribution is 6.01. The fourth-order valence-electron chi connectivity index (χ4n) is 6.14. The van der Waals surface area contributed by atoms with Crippen molar-refractivity contribution in [2.45, 2.75) is 44.8 Å². The van der Waals surface area contributed by atoms with E-state index in [0.29, 0.717) is 79.8 Å². The number of nitrogens with zero attached hydrogens (tertiary/aromatic N) is 6. The zero-order valence-electron chi connectivity index (χ0n) is 32.2. The van der Waals surface area contributed by atoms with Crippen LogP contribution in [0.4, 0.5) is 15.3 Å². The topological polar surface area (TPSA) is 156 Å². The highest BCUT2D eigenvalue weighted by Crippen LogP contribution is 2.25. The van der Waals surface area contributed by atoms with Gasteiger partial charge in [-0.2, -0.15) is 4.99 Å². The number of oxazole rings is 1. The number of allylic oxidation sites excluding steroid dienone is 6. The van der Waals surface area contributed by atoms with Crippen LogP contribution in [0.25, 0.3) is 16.9 Å². The fourth-order valence-corrected chi connectivity index (χ4v) is 6.14. The standard InChI is InChI=1S/C40H53N9O5/c1-9-10-11-12-27(2)36(47(7)8)38(51)49-22-20-33(25-49)45-40(53)43-31-17-15-30(16-18-31)34-23-41-37(54-34)28(3)13-14-29(4)42-39(52)44-32-19-21-48(24-32)35(50)26-46(5)6/h9-18,23,32-33,36H,2-3,19-22,24-26H2,1,4-8H3,(H,44,52)(H2,43,45,53)/b10-9?,12-11?,14-13-,42-29?. The van der Waals surface area contributed by atoms with Crippen molar-refractivity contribution in [2.24, 2.45) is 4.99 Å². The SMILES string of the molecule is C=C(/C=C\C(C)=NC(=O)NC1CCN(C(=O)CN(C)C)C1)c1ncc(-c2ccc(NC(=O)NC3CCN(C(=O)C(C(=C)C=CC=CC)N(C)C)C3)cc2)o1. The molecule has 0 radical (unpaired) electrons. The summed E-state index contributed by atoms with van der Waals surface area (Å²) in [6.45, 7) is 14.1. The van der Waals surface area contributed by atoms with E-state index in [2.05, 4.69) is 39.1 Å². The molecule has 2 aliphatic rings. The summed E-state index contributed by atoms with van der Waals surface area (Å²) < 4.78 is 5.93. The van der Waals surface area contributed by atoms with Gasteiger partial charge in [-0.05, 0) is 96.9 Å². The Kier molecular flexibility index (Phi) is 14.8. The molecular weight excluding hydrogens is 686 g/mol. The van der Waals surface area contributed by atoms with Crippen molar-refractivity contribution < 1.29 is 23.6 Å². The molecule has 2 fully saturated rings. The number of likely N-dealkylation sites (N-methyl/N-ethyl adjacent to an activating group) is 2. The summed E-state index contributed by atoms with van der Waals surface area (Å²) in [6.07, 6.45) is 13.8. The molecule has 2 aliphatic heterocycles. The molecule has 3 atom stereocenters. The zero-order chi connectivity index (χ0) is 39.4. The van der Waals surface area contributed by atoms with Gasteiger partial charge in [-0.1, -0.05) is 37.5 Å². The predicted molar refractivity (Wildman–Crippen MR) is 213 cm³/mol. The molecule has 3 heterocycles. The van der Waals surface area contributed by atoms with E-state index in [9.17, 15) is 19.2 Å². The van der Waals surface area contributed by atoms with Crippen molar-refractivity contribution in [2.75, 3.05) is 66.2 Å². The third-order valence-electron chi connectivity index (χ3n) is 8.88. The van der Waals surface area contributed by atoms with Crippen molar-refractivity contribution in [3.63, 3.8) is 0 Å². The lowest BCUT2D eigenvalue weighted by Gasteiger charge is -2.28. The van der Waals surface area contributed by atoms with Gasteiger partial charge in [0.2, 0.25) is 17.7 Å². The maximum Gasteiger partial charge on any atom is 0.341 e. The molecule has 0 saturated carbocycles. The van der Waals surface area contributed by atoms with E-state index in [4.69, 9.17) is 4.42 Å². The molecule has 3 N–H and O–H groups in total. The molecular formula is C40H53N9O5. The van der Waals surface area contributed by atoms with Crippen molar-refractivity contribution in [3.05, 3.63) is 91.5 Å². The number of nitrogens with one attached hydrogen (secondary N) is 3. The predicted octanol–water partition coefficient (Wildman–Crippen LogP) is 4.59. The smallest absolute Gasteiger partial charge is 0.341 e. The number of benzene rings is 1. The molecule has 4 rings (SSSR count). The Morgan fingerprint density at radius 3 is 2.30 bits per heavy atom. The zero-order valence-corrected chi connectivity index (χ0v) is 32.2. The van der Waals surface area contributed by atoms with Gasteiger partial charge in [0.1, 0.15) is 6.04 Å². The first-order valence-electron chi connectivity index (χ1n) is 18.0. The van der Waals surface area contributed by atoms with Crippen LogP contribution in [0.2, 0.25) is 0 Å². The van der Waals surface area contributed by atoms with Crippen LogP contribution in [0, 0.1) is 0 Å². The van der Waals surface area contributed by atoms with Crippen LogP contribution in [-0.4, -0.2) is 133 Å². The normalized spacial score (nSPS) is 18.3. The second-order valence-corrected chi connectivity index (χ2v) is 13.9. The number of rotatable bonds is 14. The van der Waals surface area contributed by atoms with Crippen LogP contribution < -0.4 is 16.0 Å². The molecule has 0 spiro atoms. The maximum atomic E-state index is 13.4. The number of amides is 6. The van der Waals surface area contributed by atoms with Crippen LogP contribution in [0.5, 0.6) is 0 Å². The summed E-state index contributed by atoms with van der Waals surface area (Å²) in [5.41, 5.74) is 3.01. The lowest BCUT2D eigenvalue weighted by molar-refractivity contribution is -0.133. The minimum absolute atomic E-state index is 0.0382. The number of urea groups is 2. The average molecular weight is 740 g/mol. The van der Waals surface area contributed by atoms with Crippen molar-refractivity contribution in [3.8, 4) is 11.3 Å². The quantitative estimate of drug-likeness (QED) is 0.188. The number of hydrogen-bond acceptors (Lipinski definition) is 8. The average Bonchev–Trinajstić information content (AvgIpc) is 3.89. The van der Waals surface area contributed by atoms with Gasteiger partial charge in [0.25, 0.3) is 0 Å². The summed E-state index contributed by atoms with van der Waals surface area (Å²) in [7, 11) is 7.40. The summed E-state index contributed by atoms with van der Waals surface area (Å²) >= 11 is 0. The van der Waals surface area contributed by atoms with Crippen molar-refractivity contribution in [1.82, 2.24) is 35.2 Å². The highest BCUT2D eigenvalue weighted by Gasteiger charge is 2.33. The highest BCUT2D eigenvalue weighted by atomic mass is 16.4. The third kappa shape index (κ3) is 12.0. The number of aromatic nitrogens is 1. The van der Waals surface area contributed by atoms with Gasteiger partial charge < -0.3 is 35.1 Å². The number of likely N-dealkylation sites (tertiary alicyclic amines) is 2. The van der Waals surface area contributed by atoms with Gasteiger partial charge in [0, 0.05) is 60.8 Å². The van der Waals surface area contributed by atoms with E-state index in [1.807, 2.05) is 81.4 Å². The summed E-state index contributed by atoms with van der Waals surface area (Å²) in [6, 6.07) is 5.52. The first kappa shape index (κ1) is 41.2. The number of carbonyl (C=O) groups excluding carboxylic acids is 4. The first-order valence-corrected chi connectivity index (χ1v) is 18.0. The minimum atomic E-state index is -0.487. The molecule has 288 valence electrons. The van der Waals surface area contributed by atoms with E-state index >= 15 is 0 Å². The van der Waals surface area contributed by atoms with Gasteiger partial charge in [0.05, 0.1) is 12.7 Å². The van der Waals surface area contributed by atoms with Gasteiger partial charge >= 0.3 is 12.1 Å². The second-order valence-electron chi connectivity index (χ2n) is 13.9. The van der Waals surface area contributed by atoms with E-state index in [1.54, 1.807) is 47.2 Å². The molecule has 0 bridgehead atoms. The summed E-state index contributed by atoms with van der Waals surface area (Å²) in [5.74, 6) is 0.819. The van der Waals surface area contributed by atoms with Gasteiger partial charge in [-0.15, -0.1) is 0 Å². The van der Waals surface area contributed by atoms with E-state index < -0.39 is 12.1 Å². The molecule has 2 aromatic rings. The first-order chi connectivity index (χ1) is 25.7. The molecule has 14 nitrogen and oxygen atoms in total. The fraction of sp³-hybridized carbons (Fsp3) is 0.400. The Morgan fingerprint density at radius 1 is 0.963 bits per heavy atom.